The number of hydrogen-bond acceptors (Lipinski definition) is 12. The summed E-state index contributed by atoms with van der Waals surface area (Å²) in [7, 11) is -13.8. The van der Waals surface area contributed by atoms with Crippen molar-refractivity contribution in [3.63, 3.8) is 0 Å². The molecule has 0 bridgehead atoms. The van der Waals surface area contributed by atoms with Crippen LogP contribution in [0.4, 0.5) is 0 Å². The Morgan fingerprint density at radius 1 is 0.579 bits per heavy atom. The third kappa shape index (κ3) is 59.5. The van der Waals surface area contributed by atoms with Gasteiger partial charge in [0.15, 0.2) is 46.6 Å². The van der Waals surface area contributed by atoms with Gasteiger partial charge < -0.3 is 13.7 Å². The minimum absolute atomic E-state index is 0. The quantitative estimate of drug-likeness (QED) is 0.130. The fourth-order valence-corrected chi connectivity index (χ4v) is 0. The number of nitrogens with zero attached hydrogens (tertiary/aromatic N) is 3. The van der Waals surface area contributed by atoms with E-state index in [0.717, 1.165) is 0 Å². The van der Waals surface area contributed by atoms with Gasteiger partial charge in [-0.15, -0.1) is 0 Å². The third-order valence-corrected chi connectivity index (χ3v) is 1.01. The van der Waals surface area contributed by atoms with Gasteiger partial charge >= 0.3 is 26.2 Å². The zero-order valence-corrected chi connectivity index (χ0v) is 14.1. The van der Waals surface area contributed by atoms with Crippen molar-refractivity contribution in [2.45, 2.75) is 0 Å². The van der Waals surface area contributed by atoms with Gasteiger partial charge in [-0.1, -0.05) is 0 Å². The van der Waals surface area contributed by atoms with Crippen molar-refractivity contribution in [1.29, 1.82) is 15.8 Å². The smallest absolute Gasteiger partial charge is 0.736 e. The molecular weight excluding hydrogens is 527 g/mol. The van der Waals surface area contributed by atoms with Crippen LogP contribution in [0.3, 0.4) is 0 Å². The largest absolute Gasteiger partial charge is 3.00 e. The van der Waals surface area contributed by atoms with Crippen LogP contribution in [0.5, 0.6) is 0 Å². The van der Waals surface area contributed by atoms with E-state index in [1.807, 2.05) is 0 Å². The van der Waals surface area contributed by atoms with Crippen LogP contribution in [-0.2, 0) is 30.4 Å². The predicted octanol–water partition coefficient (Wildman–Crippen LogP) is -3.34. The topological polar surface area (TPSA) is 243 Å². The molecule has 0 aliphatic heterocycles. The van der Waals surface area contributed by atoms with Crippen LogP contribution in [0.15, 0.2) is 0 Å². The summed E-state index contributed by atoms with van der Waals surface area (Å²) < 4.78 is 81.7. The Hall–Kier alpha value is -0.917. The fraction of sp³-hybridized carbons (Fsp3) is 0. The first-order valence-corrected chi connectivity index (χ1v) is 7.01. The maximum Gasteiger partial charge on any atom is 3.00 e. The molecule has 0 rings (SSSR count). The third-order valence-electron chi connectivity index (χ3n) is 0.335. The monoisotopic (exact) mass is 527 g/mol. The van der Waals surface area contributed by atoms with Gasteiger partial charge in [-0.3, -0.25) is 0 Å². The molecule has 0 spiro atoms. The van der Waals surface area contributed by atoms with Crippen LogP contribution in [0.2, 0.25) is 0 Å². The second kappa shape index (κ2) is 11.0. The van der Waals surface area contributed by atoms with Crippen molar-refractivity contribution in [2.24, 2.45) is 0 Å². The Morgan fingerprint density at radius 3 is 0.632 bits per heavy atom. The van der Waals surface area contributed by atoms with Gasteiger partial charge in [0, 0.05) is 0 Å². The Morgan fingerprint density at radius 2 is 0.632 bits per heavy atom. The molecule has 0 unspecified atom stereocenters. The Balaban J connectivity index is -0.0000000865. The van der Waals surface area contributed by atoms with E-state index >= 15 is 0 Å². The minimum atomic E-state index is -4.61. The number of nitriles is 3. The molecule has 0 aromatic carbocycles. The Labute approximate surface area is 127 Å². The minimum Gasteiger partial charge on any atom is -0.736 e. The van der Waals surface area contributed by atoms with Crippen LogP contribution >= 0.6 is 0 Å². The van der Waals surface area contributed by atoms with Crippen molar-refractivity contribution in [3.8, 4) is 16.2 Å². The Kier molecular flexibility index (Phi) is 15.3. The van der Waals surface area contributed by atoms with Gasteiger partial charge in [0.05, 0.1) is 0 Å². The molecule has 0 aromatic rings. The molecule has 0 amide bonds. The Bertz CT molecular complexity index is 585. The molecule has 0 aliphatic rings. The fourth-order valence-electron chi connectivity index (χ4n) is 0. The molecule has 12 nitrogen and oxygen atoms in total. The predicted molar refractivity (Wildman–Crippen MR) is 51.7 cm³/mol. The summed E-state index contributed by atoms with van der Waals surface area (Å²) in [6.07, 6.45) is 0. The summed E-state index contributed by atoms with van der Waals surface area (Å²) in [6.45, 7) is 0. The number of rotatable bonds is 0. The zero-order valence-electron chi connectivity index (χ0n) is 8.19. The van der Waals surface area contributed by atoms with Crippen molar-refractivity contribution >= 4 is 56.6 Å². The first-order valence-electron chi connectivity index (χ1n) is 2.78. The first kappa shape index (κ1) is 26.6. The molecule has 104 valence electrons. The van der Waals surface area contributed by atoms with Crippen molar-refractivity contribution < 1.29 is 38.9 Å². The van der Waals surface area contributed by atoms with Crippen molar-refractivity contribution in [2.75, 3.05) is 0 Å². The summed E-state index contributed by atoms with van der Waals surface area (Å²) in [5.74, 6) is 0. The molecule has 0 aromatic heterocycles. The van der Waals surface area contributed by atoms with Gasteiger partial charge in [0.1, 0.15) is 0 Å². The molecule has 0 aliphatic carbocycles. The number of thiocyanates is 3. The molecule has 0 atom stereocenters. The average Bonchev–Trinajstić information content (AvgIpc) is 2.16. The molecule has 0 saturated carbocycles. The van der Waals surface area contributed by atoms with Gasteiger partial charge in [0.2, 0.25) is 0 Å². The molecular formula is C3BiN3O9S3. The van der Waals surface area contributed by atoms with E-state index in [2.05, 4.69) is 0 Å². The van der Waals surface area contributed by atoms with Crippen LogP contribution < -0.4 is 0 Å². The number of hydrogen-bond donors (Lipinski definition) is 0. The standard InChI is InChI=1S/3CHNO3S.Bi/c3*2-1-6(3,4)5;/h3*(H,3,4,5);/q;;;+3/p-3. The molecule has 0 saturated heterocycles. The first-order chi connectivity index (χ1) is 7.68. The van der Waals surface area contributed by atoms with Gasteiger partial charge in [0.25, 0.3) is 0 Å². The summed E-state index contributed by atoms with van der Waals surface area (Å²) in [5, 5.41) is 23.3. The zero-order chi connectivity index (χ0) is 15.6. The van der Waals surface area contributed by atoms with E-state index in [1.54, 1.807) is 0 Å². The van der Waals surface area contributed by atoms with Crippen LogP contribution in [-0.4, -0.2) is 65.1 Å². The average molecular weight is 527 g/mol. The summed E-state index contributed by atoms with van der Waals surface area (Å²) in [5.41, 5.74) is 0. The molecule has 2 radical (unpaired) electrons. The summed E-state index contributed by atoms with van der Waals surface area (Å²) in [6, 6.07) is 0. The maximum atomic E-state index is 9.08. The van der Waals surface area contributed by atoms with Crippen LogP contribution in [0, 0.1) is 32.0 Å². The molecule has 0 heterocycles. The van der Waals surface area contributed by atoms with Gasteiger partial charge in [-0.2, -0.15) is 15.8 Å². The van der Waals surface area contributed by atoms with Gasteiger partial charge in [-0.25, -0.2) is 25.3 Å². The van der Waals surface area contributed by atoms with E-state index in [0.29, 0.717) is 16.2 Å². The van der Waals surface area contributed by atoms with Crippen LogP contribution in [0.1, 0.15) is 0 Å². The van der Waals surface area contributed by atoms with Crippen molar-refractivity contribution in [3.05, 3.63) is 0 Å². The molecule has 16 heteroatoms. The molecule has 19 heavy (non-hydrogen) atoms. The molecule has 0 N–H and O–H groups in total. The SMILES string of the molecule is N#CS(=O)(=O)[O-].N#CS(=O)(=O)[O-].N#CS(=O)(=O)[O-].[Bi+3]. The second-order valence-electron chi connectivity index (χ2n) is 1.64. The second-order valence-corrected chi connectivity index (χ2v) is 4.91. The van der Waals surface area contributed by atoms with Gasteiger partial charge in [-0.05, 0) is 0 Å². The normalized spacial score (nSPS) is 9.47. The molecule has 0 fully saturated rings. The summed E-state index contributed by atoms with van der Waals surface area (Å²) in [4.78, 5) is 0. The van der Waals surface area contributed by atoms with Crippen LogP contribution in [0.25, 0.3) is 0 Å². The summed E-state index contributed by atoms with van der Waals surface area (Å²) >= 11 is 0. The maximum absolute atomic E-state index is 9.08. The van der Waals surface area contributed by atoms with E-state index < -0.39 is 30.4 Å². The van der Waals surface area contributed by atoms with E-state index in [4.69, 9.17) is 54.7 Å². The van der Waals surface area contributed by atoms with E-state index in [-0.39, 0.29) is 26.2 Å². The van der Waals surface area contributed by atoms with Crippen molar-refractivity contribution in [1.82, 2.24) is 0 Å². The van der Waals surface area contributed by atoms with E-state index in [1.165, 1.54) is 0 Å². The van der Waals surface area contributed by atoms with E-state index in [9.17, 15) is 0 Å².